The van der Waals surface area contributed by atoms with Crippen molar-refractivity contribution in [2.75, 3.05) is 5.32 Å². The second-order valence-electron chi connectivity index (χ2n) is 5.42. The zero-order valence-electron chi connectivity index (χ0n) is 11.6. The van der Waals surface area contributed by atoms with Crippen LogP contribution >= 0.6 is 11.3 Å². The highest BCUT2D eigenvalue weighted by Crippen LogP contribution is 2.26. The van der Waals surface area contributed by atoms with Gasteiger partial charge in [0.05, 0.1) is 10.2 Å². The van der Waals surface area contributed by atoms with Gasteiger partial charge in [-0.05, 0) is 37.5 Å². The van der Waals surface area contributed by atoms with Crippen molar-refractivity contribution < 1.29 is 4.79 Å². The highest BCUT2D eigenvalue weighted by molar-refractivity contribution is 7.22. The first-order valence-electron chi connectivity index (χ1n) is 7.15. The molecule has 0 radical (unpaired) electrons. The van der Waals surface area contributed by atoms with Crippen LogP contribution in [0, 0.1) is 6.92 Å². The van der Waals surface area contributed by atoms with E-state index in [1.54, 1.807) is 0 Å². The number of hydrogen-bond acceptors (Lipinski definition) is 3. The van der Waals surface area contributed by atoms with Crippen molar-refractivity contribution in [3.8, 4) is 0 Å². The van der Waals surface area contributed by atoms with E-state index in [4.69, 9.17) is 0 Å². The molecule has 0 aliphatic heterocycles. The topological polar surface area (TPSA) is 54.0 Å². The second kappa shape index (κ2) is 5.79. The Hall–Kier alpha value is -1.62. The van der Waals surface area contributed by atoms with E-state index in [9.17, 15) is 4.79 Å². The monoisotopic (exact) mass is 289 g/mol. The van der Waals surface area contributed by atoms with Crippen molar-refractivity contribution in [2.24, 2.45) is 0 Å². The molecule has 0 spiro atoms. The Morgan fingerprint density at radius 2 is 2.10 bits per heavy atom. The van der Waals surface area contributed by atoms with Gasteiger partial charge in [-0.1, -0.05) is 36.7 Å². The number of urea groups is 1. The Balaban J connectivity index is 1.64. The number of rotatable bonds is 2. The van der Waals surface area contributed by atoms with Gasteiger partial charge in [-0.25, -0.2) is 9.78 Å². The number of thiazole rings is 1. The van der Waals surface area contributed by atoms with Gasteiger partial charge in [0.1, 0.15) is 0 Å². The van der Waals surface area contributed by atoms with Crippen LogP contribution in [0.15, 0.2) is 18.2 Å². The van der Waals surface area contributed by atoms with E-state index in [-0.39, 0.29) is 6.03 Å². The van der Waals surface area contributed by atoms with Crippen molar-refractivity contribution >= 4 is 32.7 Å². The summed E-state index contributed by atoms with van der Waals surface area (Å²) in [7, 11) is 0. The fourth-order valence-electron chi connectivity index (χ4n) is 2.65. The summed E-state index contributed by atoms with van der Waals surface area (Å²) in [6.07, 6.45) is 5.90. The third-order valence-corrected chi connectivity index (χ3v) is 4.64. The SMILES string of the molecule is Cc1ccc2nc(NC(=O)NC3CCCCC3)sc2c1. The molecule has 1 aromatic heterocycles. The van der Waals surface area contributed by atoms with E-state index < -0.39 is 0 Å². The standard InChI is InChI=1S/C15H19N3OS/c1-10-7-8-12-13(9-10)20-15(17-12)18-14(19)16-11-5-3-2-4-6-11/h7-9,11H,2-6H2,1H3,(H2,16,17,18,19). The van der Waals surface area contributed by atoms with Gasteiger partial charge in [-0.2, -0.15) is 0 Å². The maximum absolute atomic E-state index is 12.0. The van der Waals surface area contributed by atoms with Gasteiger partial charge in [-0.3, -0.25) is 5.32 Å². The van der Waals surface area contributed by atoms with E-state index >= 15 is 0 Å². The van der Waals surface area contributed by atoms with Gasteiger partial charge in [0.15, 0.2) is 5.13 Å². The molecule has 1 aliphatic carbocycles. The first-order valence-corrected chi connectivity index (χ1v) is 7.97. The lowest BCUT2D eigenvalue weighted by atomic mass is 9.96. The summed E-state index contributed by atoms with van der Waals surface area (Å²) in [4.78, 5) is 16.4. The lowest BCUT2D eigenvalue weighted by molar-refractivity contribution is 0.244. The van der Waals surface area contributed by atoms with E-state index in [1.807, 2.05) is 12.1 Å². The molecule has 1 fully saturated rings. The number of nitrogens with zero attached hydrogens (tertiary/aromatic N) is 1. The average molecular weight is 289 g/mol. The fraction of sp³-hybridized carbons (Fsp3) is 0.467. The number of carbonyl (C=O) groups excluding carboxylic acids is 1. The van der Waals surface area contributed by atoms with E-state index in [1.165, 1.54) is 36.2 Å². The normalized spacial score (nSPS) is 16.2. The van der Waals surface area contributed by atoms with Crippen molar-refractivity contribution in [3.63, 3.8) is 0 Å². The molecular formula is C15H19N3OS. The lowest BCUT2D eigenvalue weighted by Gasteiger charge is -2.22. The quantitative estimate of drug-likeness (QED) is 0.876. The molecule has 0 bridgehead atoms. The summed E-state index contributed by atoms with van der Waals surface area (Å²) in [5.74, 6) is 0. The molecule has 2 N–H and O–H groups in total. The summed E-state index contributed by atoms with van der Waals surface area (Å²) >= 11 is 1.52. The third kappa shape index (κ3) is 3.10. The fourth-order valence-corrected chi connectivity index (χ4v) is 3.61. The molecule has 0 unspecified atom stereocenters. The number of anilines is 1. The van der Waals surface area contributed by atoms with Gasteiger partial charge < -0.3 is 5.32 Å². The molecule has 5 heteroatoms. The summed E-state index contributed by atoms with van der Waals surface area (Å²) in [6.45, 7) is 2.06. The molecule has 106 valence electrons. The van der Waals surface area contributed by atoms with Crippen molar-refractivity contribution in [1.29, 1.82) is 0 Å². The zero-order chi connectivity index (χ0) is 13.9. The first kappa shape index (κ1) is 13.4. The number of carbonyl (C=O) groups is 1. The molecule has 3 rings (SSSR count). The second-order valence-corrected chi connectivity index (χ2v) is 6.45. The lowest BCUT2D eigenvalue weighted by Crippen LogP contribution is -2.38. The van der Waals surface area contributed by atoms with Gasteiger partial charge >= 0.3 is 6.03 Å². The zero-order valence-corrected chi connectivity index (χ0v) is 12.4. The first-order chi connectivity index (χ1) is 9.70. The molecule has 2 amide bonds. The minimum atomic E-state index is -0.132. The van der Waals surface area contributed by atoms with Crippen LogP contribution < -0.4 is 10.6 Å². The number of aryl methyl sites for hydroxylation is 1. The summed E-state index contributed by atoms with van der Waals surface area (Å²) < 4.78 is 1.11. The summed E-state index contributed by atoms with van der Waals surface area (Å²) in [5, 5.41) is 6.56. The Morgan fingerprint density at radius 1 is 1.30 bits per heavy atom. The average Bonchev–Trinajstić information content (AvgIpc) is 2.80. The number of benzene rings is 1. The molecule has 20 heavy (non-hydrogen) atoms. The number of hydrogen-bond donors (Lipinski definition) is 2. The molecule has 1 aliphatic rings. The molecule has 4 nitrogen and oxygen atoms in total. The van der Waals surface area contributed by atoms with Crippen LogP contribution in [0.5, 0.6) is 0 Å². The van der Waals surface area contributed by atoms with Crippen LogP contribution in [0.1, 0.15) is 37.7 Å². The summed E-state index contributed by atoms with van der Waals surface area (Å²) in [6, 6.07) is 6.31. The van der Waals surface area contributed by atoms with E-state index in [0.717, 1.165) is 23.1 Å². The minimum absolute atomic E-state index is 0.132. The summed E-state index contributed by atoms with van der Waals surface area (Å²) in [5.41, 5.74) is 2.15. The van der Waals surface area contributed by atoms with E-state index in [2.05, 4.69) is 28.6 Å². The smallest absolute Gasteiger partial charge is 0.321 e. The van der Waals surface area contributed by atoms with Crippen LogP contribution in [0.2, 0.25) is 0 Å². The Kier molecular flexibility index (Phi) is 3.87. The predicted octanol–water partition coefficient (Wildman–Crippen LogP) is 4.06. The van der Waals surface area contributed by atoms with Crippen LogP contribution in [0.25, 0.3) is 10.2 Å². The van der Waals surface area contributed by atoms with Crippen molar-refractivity contribution in [3.05, 3.63) is 23.8 Å². The number of amides is 2. The number of aromatic nitrogens is 1. The van der Waals surface area contributed by atoms with Crippen LogP contribution in [0.3, 0.4) is 0 Å². The van der Waals surface area contributed by atoms with Gasteiger partial charge in [0.2, 0.25) is 0 Å². The molecule has 0 atom stereocenters. The highest BCUT2D eigenvalue weighted by Gasteiger charge is 2.16. The molecule has 0 saturated heterocycles. The predicted molar refractivity (Wildman–Crippen MR) is 83.4 cm³/mol. The molecule has 1 saturated carbocycles. The van der Waals surface area contributed by atoms with E-state index in [0.29, 0.717) is 11.2 Å². The minimum Gasteiger partial charge on any atom is -0.335 e. The molecule has 1 aromatic carbocycles. The van der Waals surface area contributed by atoms with Gasteiger partial charge in [0, 0.05) is 6.04 Å². The maximum Gasteiger partial charge on any atom is 0.321 e. The Bertz CT molecular complexity index is 617. The number of nitrogens with one attached hydrogen (secondary N) is 2. The van der Waals surface area contributed by atoms with Crippen molar-refractivity contribution in [2.45, 2.75) is 45.1 Å². The van der Waals surface area contributed by atoms with Gasteiger partial charge in [-0.15, -0.1) is 0 Å². The Morgan fingerprint density at radius 3 is 2.90 bits per heavy atom. The van der Waals surface area contributed by atoms with Crippen LogP contribution in [-0.4, -0.2) is 17.1 Å². The van der Waals surface area contributed by atoms with Crippen LogP contribution in [0.4, 0.5) is 9.93 Å². The van der Waals surface area contributed by atoms with Gasteiger partial charge in [0.25, 0.3) is 0 Å². The van der Waals surface area contributed by atoms with Crippen LogP contribution in [-0.2, 0) is 0 Å². The highest BCUT2D eigenvalue weighted by atomic mass is 32.1. The molecule has 1 heterocycles. The largest absolute Gasteiger partial charge is 0.335 e. The maximum atomic E-state index is 12.0. The molecular weight excluding hydrogens is 270 g/mol. The Labute approximate surface area is 122 Å². The van der Waals surface area contributed by atoms with Crippen molar-refractivity contribution in [1.82, 2.24) is 10.3 Å². The third-order valence-electron chi connectivity index (χ3n) is 3.70. The number of fused-ring (bicyclic) bond motifs is 1. The molecule has 2 aromatic rings.